The normalized spacial score (nSPS) is 25.8. The lowest BCUT2D eigenvalue weighted by Crippen LogP contribution is -2.42. The number of nitrogens with one attached hydrogen (secondary N) is 2. The zero-order chi connectivity index (χ0) is 25.5. The molecule has 2 saturated carbocycles. The third-order valence-corrected chi connectivity index (χ3v) is 9.84. The van der Waals surface area contributed by atoms with Crippen LogP contribution in [0.4, 0.5) is 11.8 Å². The van der Waals surface area contributed by atoms with Crippen LogP contribution in [-0.4, -0.2) is 59.8 Å². The Kier molecular flexibility index (Phi) is 6.89. The molecule has 200 valence electrons. The predicted molar refractivity (Wildman–Crippen MR) is 147 cm³/mol. The van der Waals surface area contributed by atoms with E-state index in [4.69, 9.17) is 19.5 Å². The van der Waals surface area contributed by atoms with Gasteiger partial charge in [0.2, 0.25) is 17.6 Å². The molecule has 3 aromatic rings. The molecular formula is C26H38N8O2S. The summed E-state index contributed by atoms with van der Waals surface area (Å²) < 4.78 is 7.23. The highest BCUT2D eigenvalue weighted by Crippen LogP contribution is 2.37. The second kappa shape index (κ2) is 10.3. The van der Waals surface area contributed by atoms with E-state index in [2.05, 4.69) is 45.7 Å². The van der Waals surface area contributed by atoms with Gasteiger partial charge in [-0.05, 0) is 57.3 Å². The molecule has 3 fully saturated rings. The van der Waals surface area contributed by atoms with Gasteiger partial charge < -0.3 is 19.3 Å². The molecule has 6 rings (SSSR count). The van der Waals surface area contributed by atoms with Gasteiger partial charge in [0.05, 0.1) is 0 Å². The Morgan fingerprint density at radius 3 is 2.59 bits per heavy atom. The third-order valence-electron chi connectivity index (χ3n) is 8.65. The van der Waals surface area contributed by atoms with Crippen molar-refractivity contribution in [2.45, 2.75) is 84.3 Å². The second-order valence-electron chi connectivity index (χ2n) is 11.4. The number of aromatic amines is 1. The molecule has 3 aromatic heterocycles. The van der Waals surface area contributed by atoms with Crippen LogP contribution in [-0.2, 0) is 6.54 Å². The molecule has 2 atom stereocenters. The standard InChI is InChI=1S/C26H38N8O2S/c1-15-7-9-18(10-8-15)13-34-20-21(27-17(3)19-5-4-6-19)28-23(24-31-26(35)36-32-24)29-22(20)30-25(34)33-11-12-37-14-16(33)2/h15-19H,4-14H2,1-3H3,(H,27,28,29)(H,31,32,35)/t15?,16?,17-,18?/m1/s1. The second-order valence-corrected chi connectivity index (χ2v) is 12.5. The Bertz CT molecular complexity index is 1290. The molecular weight excluding hydrogens is 488 g/mol. The summed E-state index contributed by atoms with van der Waals surface area (Å²) in [5.41, 5.74) is 1.60. The van der Waals surface area contributed by atoms with Crippen molar-refractivity contribution in [1.29, 1.82) is 0 Å². The van der Waals surface area contributed by atoms with Crippen LogP contribution in [0.3, 0.4) is 0 Å². The summed E-state index contributed by atoms with van der Waals surface area (Å²) in [7, 11) is 0. The van der Waals surface area contributed by atoms with E-state index >= 15 is 0 Å². The van der Waals surface area contributed by atoms with Gasteiger partial charge in [-0.25, -0.2) is 14.8 Å². The number of nitrogens with zero attached hydrogens (tertiary/aromatic N) is 6. The van der Waals surface area contributed by atoms with Crippen molar-refractivity contribution in [2.75, 3.05) is 28.3 Å². The van der Waals surface area contributed by atoms with E-state index in [9.17, 15) is 4.79 Å². The topological polar surface area (TPSA) is 118 Å². The van der Waals surface area contributed by atoms with E-state index in [-0.39, 0.29) is 11.9 Å². The number of H-pyrrole nitrogens is 1. The fourth-order valence-electron chi connectivity index (χ4n) is 6.02. The van der Waals surface area contributed by atoms with E-state index in [1.807, 2.05) is 11.8 Å². The van der Waals surface area contributed by atoms with Gasteiger partial charge in [0.25, 0.3) is 0 Å². The lowest BCUT2D eigenvalue weighted by Gasteiger charge is -2.35. The SMILES string of the molecule is CC1CCC(Cn2c(N3CCSCC3C)nc3nc(-c4nc(=O)o[nH]4)nc(N[C@H](C)C4CCC4)c32)CC1. The van der Waals surface area contributed by atoms with Crippen LogP contribution in [0.15, 0.2) is 9.32 Å². The first-order valence-electron chi connectivity index (χ1n) is 13.9. The van der Waals surface area contributed by atoms with Gasteiger partial charge in [-0.1, -0.05) is 26.2 Å². The molecule has 0 radical (unpaired) electrons. The number of imidazole rings is 1. The average molecular weight is 527 g/mol. The summed E-state index contributed by atoms with van der Waals surface area (Å²) in [4.78, 5) is 32.9. The van der Waals surface area contributed by atoms with Crippen molar-refractivity contribution in [3.05, 3.63) is 10.6 Å². The third kappa shape index (κ3) is 4.98. The smallest absolute Gasteiger partial charge is 0.365 e. The lowest BCUT2D eigenvalue weighted by atomic mass is 9.80. The van der Waals surface area contributed by atoms with Gasteiger partial charge in [0, 0.05) is 36.7 Å². The number of thioether (sulfide) groups is 1. The quantitative estimate of drug-likeness (QED) is 0.457. The van der Waals surface area contributed by atoms with Gasteiger partial charge in [-0.15, -0.1) is 4.98 Å². The highest BCUT2D eigenvalue weighted by molar-refractivity contribution is 7.99. The zero-order valence-corrected chi connectivity index (χ0v) is 22.9. The summed E-state index contributed by atoms with van der Waals surface area (Å²) in [6.07, 6.45) is 8.81. The number of aromatic nitrogens is 6. The first kappa shape index (κ1) is 24.8. The maximum absolute atomic E-state index is 11.7. The molecule has 11 heteroatoms. The zero-order valence-electron chi connectivity index (χ0n) is 22.1. The maximum Gasteiger partial charge on any atom is 0.460 e. The van der Waals surface area contributed by atoms with Crippen LogP contribution in [0.1, 0.15) is 65.7 Å². The Labute approximate surface area is 221 Å². The number of hydrogen-bond donors (Lipinski definition) is 2. The van der Waals surface area contributed by atoms with Gasteiger partial charge >= 0.3 is 5.76 Å². The minimum absolute atomic E-state index is 0.228. The molecule has 0 amide bonds. The lowest BCUT2D eigenvalue weighted by molar-refractivity contribution is 0.266. The van der Waals surface area contributed by atoms with E-state index in [0.29, 0.717) is 29.3 Å². The predicted octanol–water partition coefficient (Wildman–Crippen LogP) is 4.54. The van der Waals surface area contributed by atoms with Crippen LogP contribution in [0.2, 0.25) is 0 Å². The Hall–Kier alpha value is -2.56. The minimum atomic E-state index is -0.687. The van der Waals surface area contributed by atoms with Crippen molar-refractivity contribution >= 4 is 34.7 Å². The number of hydrogen-bond acceptors (Lipinski definition) is 9. The van der Waals surface area contributed by atoms with E-state index in [1.54, 1.807) is 0 Å². The molecule has 0 bridgehead atoms. The fraction of sp³-hybridized carbons (Fsp3) is 0.731. The molecule has 3 aliphatic rings. The van der Waals surface area contributed by atoms with Crippen molar-refractivity contribution in [3.8, 4) is 11.6 Å². The molecule has 1 unspecified atom stereocenters. The van der Waals surface area contributed by atoms with Crippen molar-refractivity contribution in [2.24, 2.45) is 17.8 Å². The Morgan fingerprint density at radius 2 is 1.92 bits per heavy atom. The summed E-state index contributed by atoms with van der Waals surface area (Å²) in [5, 5.41) is 6.31. The monoisotopic (exact) mass is 526 g/mol. The summed E-state index contributed by atoms with van der Waals surface area (Å²) in [6, 6.07) is 0.675. The van der Waals surface area contributed by atoms with Crippen LogP contribution in [0.25, 0.3) is 22.8 Å². The fourth-order valence-corrected chi connectivity index (χ4v) is 7.03. The number of anilines is 2. The molecule has 2 N–H and O–H groups in total. The van der Waals surface area contributed by atoms with Crippen LogP contribution in [0, 0.1) is 17.8 Å². The highest BCUT2D eigenvalue weighted by Gasteiger charge is 2.31. The molecule has 37 heavy (non-hydrogen) atoms. The van der Waals surface area contributed by atoms with Gasteiger partial charge in [0.1, 0.15) is 5.52 Å². The van der Waals surface area contributed by atoms with Crippen molar-refractivity contribution < 1.29 is 4.52 Å². The molecule has 0 aromatic carbocycles. The maximum atomic E-state index is 11.7. The van der Waals surface area contributed by atoms with Gasteiger partial charge in [0.15, 0.2) is 11.5 Å². The molecule has 0 spiro atoms. The average Bonchev–Trinajstić information content (AvgIpc) is 3.43. The largest absolute Gasteiger partial charge is 0.460 e. The molecule has 2 aliphatic carbocycles. The first-order chi connectivity index (χ1) is 18.0. The van der Waals surface area contributed by atoms with Crippen molar-refractivity contribution in [1.82, 2.24) is 29.7 Å². The summed E-state index contributed by atoms with van der Waals surface area (Å²) in [5.74, 6) is 5.86. The minimum Gasteiger partial charge on any atom is -0.365 e. The Morgan fingerprint density at radius 1 is 1.11 bits per heavy atom. The van der Waals surface area contributed by atoms with Crippen LogP contribution < -0.4 is 16.0 Å². The van der Waals surface area contributed by atoms with Crippen LogP contribution in [0.5, 0.6) is 0 Å². The molecule has 1 aliphatic heterocycles. The van der Waals surface area contributed by atoms with Crippen LogP contribution >= 0.6 is 11.8 Å². The van der Waals surface area contributed by atoms with Gasteiger partial charge in [-0.3, -0.25) is 0 Å². The number of fused-ring (bicyclic) bond motifs is 1. The molecule has 10 nitrogen and oxygen atoms in total. The van der Waals surface area contributed by atoms with E-state index in [0.717, 1.165) is 47.8 Å². The van der Waals surface area contributed by atoms with E-state index < -0.39 is 5.76 Å². The van der Waals surface area contributed by atoms with Gasteiger partial charge in [-0.2, -0.15) is 21.9 Å². The number of rotatable bonds is 7. The molecule has 4 heterocycles. The van der Waals surface area contributed by atoms with Crippen molar-refractivity contribution in [3.63, 3.8) is 0 Å². The summed E-state index contributed by atoms with van der Waals surface area (Å²) >= 11 is 2.00. The highest BCUT2D eigenvalue weighted by atomic mass is 32.2. The summed E-state index contributed by atoms with van der Waals surface area (Å²) in [6.45, 7) is 8.78. The van der Waals surface area contributed by atoms with E-state index in [1.165, 1.54) is 44.9 Å². The first-order valence-corrected chi connectivity index (χ1v) is 15.1. The Balaban J connectivity index is 1.48. The molecule has 1 saturated heterocycles.